The highest BCUT2D eigenvalue weighted by molar-refractivity contribution is 7.20. The Labute approximate surface area is 194 Å². The van der Waals surface area contributed by atoms with E-state index in [1.165, 1.54) is 11.3 Å². The number of anilines is 3. The maximum Gasteiger partial charge on any atom is 0.284 e. The summed E-state index contributed by atoms with van der Waals surface area (Å²) in [5.74, 6) is 1.06. The van der Waals surface area contributed by atoms with Crippen LogP contribution in [0, 0.1) is 20.8 Å². The molecule has 0 radical (unpaired) electrons. The van der Waals surface area contributed by atoms with E-state index in [1.807, 2.05) is 81.4 Å². The molecule has 0 unspecified atom stereocenters. The van der Waals surface area contributed by atoms with Gasteiger partial charge in [-0.05, 0) is 74.9 Å². The number of carbonyl (C=O) groups is 1. The number of rotatable bonds is 5. The molecule has 3 heterocycles. The topological polar surface area (TPSA) is 97.6 Å². The largest absolute Gasteiger partial charge is 0.339 e. The van der Waals surface area contributed by atoms with Crippen LogP contribution in [-0.2, 0) is 0 Å². The fourth-order valence-corrected chi connectivity index (χ4v) is 4.25. The number of hydrogen-bond acceptors (Lipinski definition) is 7. The summed E-state index contributed by atoms with van der Waals surface area (Å²) in [6, 6.07) is 18.8. The first-order valence-electron chi connectivity index (χ1n) is 10.4. The zero-order chi connectivity index (χ0) is 22.9. The Hall–Kier alpha value is -4.11. The minimum Gasteiger partial charge on any atom is -0.339 e. The van der Waals surface area contributed by atoms with Crippen molar-refractivity contribution >= 4 is 44.7 Å². The van der Waals surface area contributed by atoms with Gasteiger partial charge in [-0.15, -0.1) is 21.5 Å². The van der Waals surface area contributed by atoms with Crippen LogP contribution in [0.1, 0.15) is 26.8 Å². The molecular weight excluding hydrogens is 434 g/mol. The number of hydrogen-bond donors (Lipinski definition) is 2. The molecule has 0 aliphatic rings. The van der Waals surface area contributed by atoms with Gasteiger partial charge >= 0.3 is 0 Å². The summed E-state index contributed by atoms with van der Waals surface area (Å²) in [6.45, 7) is 6.04. The van der Waals surface area contributed by atoms with Crippen LogP contribution in [0.25, 0.3) is 16.0 Å². The molecule has 0 aliphatic heterocycles. The number of carbonyl (C=O) groups excluding carboxylic acids is 1. The smallest absolute Gasteiger partial charge is 0.284 e. The van der Waals surface area contributed by atoms with Gasteiger partial charge in [0.2, 0.25) is 0 Å². The quantitative estimate of drug-likeness (QED) is 0.378. The predicted molar refractivity (Wildman–Crippen MR) is 131 cm³/mol. The summed E-state index contributed by atoms with van der Waals surface area (Å²) in [6.07, 6.45) is 0. The number of nitrogens with one attached hydrogen (secondary N) is 2. The number of para-hydroxylation sites is 1. The zero-order valence-electron chi connectivity index (χ0n) is 18.3. The molecule has 0 saturated carbocycles. The molecule has 33 heavy (non-hydrogen) atoms. The second-order valence-electron chi connectivity index (χ2n) is 7.63. The molecule has 0 aliphatic carbocycles. The molecule has 0 saturated heterocycles. The Morgan fingerprint density at radius 1 is 0.909 bits per heavy atom. The molecule has 5 rings (SSSR count). The van der Waals surface area contributed by atoms with Gasteiger partial charge in [0.15, 0.2) is 16.6 Å². The third-order valence-electron chi connectivity index (χ3n) is 5.42. The van der Waals surface area contributed by atoms with Crippen molar-refractivity contribution in [2.75, 3.05) is 10.6 Å². The minimum atomic E-state index is -0.224. The Kier molecular flexibility index (Phi) is 5.31. The molecule has 0 bridgehead atoms. The van der Waals surface area contributed by atoms with E-state index in [2.05, 4.69) is 30.9 Å². The summed E-state index contributed by atoms with van der Waals surface area (Å²) >= 11 is 1.38. The summed E-state index contributed by atoms with van der Waals surface area (Å²) in [5, 5.41) is 19.6. The number of aromatic nitrogens is 5. The Morgan fingerprint density at radius 2 is 1.67 bits per heavy atom. The number of thiazole rings is 1. The van der Waals surface area contributed by atoms with Crippen molar-refractivity contribution in [1.29, 1.82) is 0 Å². The molecule has 5 aromatic rings. The number of fused-ring (bicyclic) bond motifs is 1. The lowest BCUT2D eigenvalue weighted by Gasteiger charge is -2.08. The Balaban J connectivity index is 1.25. The molecule has 164 valence electrons. The van der Waals surface area contributed by atoms with Gasteiger partial charge in [-0.1, -0.05) is 12.1 Å². The van der Waals surface area contributed by atoms with Crippen molar-refractivity contribution in [3.63, 3.8) is 0 Å². The maximum absolute atomic E-state index is 12.6. The average Bonchev–Trinajstić information content (AvgIpc) is 3.38. The summed E-state index contributed by atoms with van der Waals surface area (Å²) < 4.78 is 2.78. The standard InChI is InChI=1S/C24H21N7OS/c1-14-15(2)30-31(16(14)3)22-13-12-21(28-29-22)25-17-8-10-18(11-9-17)26-23(32)24-27-19-6-4-5-7-20(19)33-24/h4-13H,1-3H3,(H,25,28)(H,26,32). The summed E-state index contributed by atoms with van der Waals surface area (Å²) in [4.78, 5) is 16.9. The molecule has 9 heteroatoms. The van der Waals surface area contributed by atoms with Crippen LogP contribution in [-0.4, -0.2) is 30.9 Å². The van der Waals surface area contributed by atoms with Crippen LogP contribution in [0.4, 0.5) is 17.2 Å². The van der Waals surface area contributed by atoms with Crippen LogP contribution < -0.4 is 10.6 Å². The molecular formula is C24H21N7OS. The van der Waals surface area contributed by atoms with E-state index >= 15 is 0 Å². The average molecular weight is 456 g/mol. The Bertz CT molecular complexity index is 1420. The second-order valence-corrected chi connectivity index (χ2v) is 8.66. The normalized spacial score (nSPS) is 11.0. The molecule has 3 aromatic heterocycles. The van der Waals surface area contributed by atoms with E-state index in [0.717, 1.165) is 32.9 Å². The number of benzene rings is 2. The van der Waals surface area contributed by atoms with Gasteiger partial charge in [0.25, 0.3) is 5.91 Å². The molecule has 2 aromatic carbocycles. The van der Waals surface area contributed by atoms with Crippen LogP contribution >= 0.6 is 11.3 Å². The maximum atomic E-state index is 12.6. The van der Waals surface area contributed by atoms with Gasteiger partial charge in [-0.2, -0.15) is 5.10 Å². The van der Waals surface area contributed by atoms with Crippen molar-refractivity contribution in [1.82, 2.24) is 25.0 Å². The molecule has 0 spiro atoms. The lowest BCUT2D eigenvalue weighted by molar-refractivity contribution is 0.102. The lowest BCUT2D eigenvalue weighted by Crippen LogP contribution is -2.11. The molecule has 2 N–H and O–H groups in total. The fourth-order valence-electron chi connectivity index (χ4n) is 3.39. The highest BCUT2D eigenvalue weighted by Gasteiger charge is 2.13. The monoisotopic (exact) mass is 455 g/mol. The number of nitrogens with zero attached hydrogens (tertiary/aromatic N) is 5. The first-order chi connectivity index (χ1) is 16.0. The predicted octanol–water partition coefficient (Wildman–Crippen LogP) is 5.19. The third-order valence-corrected chi connectivity index (χ3v) is 6.46. The minimum absolute atomic E-state index is 0.224. The summed E-state index contributed by atoms with van der Waals surface area (Å²) in [7, 11) is 0. The highest BCUT2D eigenvalue weighted by atomic mass is 32.1. The van der Waals surface area contributed by atoms with Gasteiger partial charge in [0.1, 0.15) is 0 Å². The molecule has 8 nitrogen and oxygen atoms in total. The molecule has 0 fully saturated rings. The van der Waals surface area contributed by atoms with Crippen molar-refractivity contribution in [3.8, 4) is 5.82 Å². The van der Waals surface area contributed by atoms with Gasteiger partial charge in [-0.3, -0.25) is 4.79 Å². The van der Waals surface area contributed by atoms with Crippen molar-refractivity contribution < 1.29 is 4.79 Å². The SMILES string of the molecule is Cc1nn(-c2ccc(Nc3ccc(NC(=O)c4nc5ccccc5s4)cc3)nn2)c(C)c1C. The van der Waals surface area contributed by atoms with E-state index < -0.39 is 0 Å². The number of aryl methyl sites for hydroxylation is 1. The third kappa shape index (κ3) is 4.18. The van der Waals surface area contributed by atoms with E-state index in [1.54, 1.807) is 4.68 Å². The second kappa shape index (κ2) is 8.44. The van der Waals surface area contributed by atoms with Gasteiger partial charge in [-0.25, -0.2) is 9.67 Å². The van der Waals surface area contributed by atoms with Crippen LogP contribution in [0.15, 0.2) is 60.7 Å². The molecule has 1 amide bonds. The van der Waals surface area contributed by atoms with Crippen molar-refractivity contribution in [3.05, 3.63) is 82.6 Å². The lowest BCUT2D eigenvalue weighted by atomic mass is 10.2. The highest BCUT2D eigenvalue weighted by Crippen LogP contribution is 2.23. The van der Waals surface area contributed by atoms with Crippen molar-refractivity contribution in [2.24, 2.45) is 0 Å². The van der Waals surface area contributed by atoms with Gasteiger partial charge < -0.3 is 10.6 Å². The van der Waals surface area contributed by atoms with Gasteiger partial charge in [0, 0.05) is 17.1 Å². The number of amides is 1. The van der Waals surface area contributed by atoms with Crippen molar-refractivity contribution in [2.45, 2.75) is 20.8 Å². The van der Waals surface area contributed by atoms with Crippen LogP contribution in [0.2, 0.25) is 0 Å². The molecule has 0 atom stereocenters. The van der Waals surface area contributed by atoms with Gasteiger partial charge in [0.05, 0.1) is 15.9 Å². The van der Waals surface area contributed by atoms with Crippen LogP contribution in [0.3, 0.4) is 0 Å². The zero-order valence-corrected chi connectivity index (χ0v) is 19.1. The first-order valence-corrected chi connectivity index (χ1v) is 11.2. The van der Waals surface area contributed by atoms with E-state index in [0.29, 0.717) is 22.3 Å². The first kappa shape index (κ1) is 20.8. The van der Waals surface area contributed by atoms with Crippen LogP contribution in [0.5, 0.6) is 0 Å². The summed E-state index contributed by atoms with van der Waals surface area (Å²) in [5.41, 5.74) is 5.52. The van der Waals surface area contributed by atoms with E-state index in [4.69, 9.17) is 0 Å². The van der Waals surface area contributed by atoms with E-state index in [9.17, 15) is 4.79 Å². The van der Waals surface area contributed by atoms with E-state index in [-0.39, 0.29) is 5.91 Å². The Morgan fingerprint density at radius 3 is 2.33 bits per heavy atom. The fraction of sp³-hybridized carbons (Fsp3) is 0.125.